The second-order valence-corrected chi connectivity index (χ2v) is 4.96. The Morgan fingerprint density at radius 3 is 2.21 bits per heavy atom. The minimum Gasteiger partial charge on any atom is -0.409 e. The number of likely N-dealkylation sites (tertiary alicyclic amines) is 1. The second-order valence-electron chi connectivity index (χ2n) is 4.96. The van der Waals surface area contributed by atoms with E-state index in [-0.39, 0.29) is 11.5 Å². The van der Waals surface area contributed by atoms with Crippen molar-refractivity contribution in [3.8, 4) is 0 Å². The molecule has 82 valence electrons. The first kappa shape index (κ1) is 11.3. The van der Waals surface area contributed by atoms with Gasteiger partial charge in [0.15, 0.2) is 0 Å². The molecule has 0 atom stereocenters. The Morgan fingerprint density at radius 2 is 1.86 bits per heavy atom. The highest BCUT2D eigenvalue weighted by molar-refractivity contribution is 5.82. The van der Waals surface area contributed by atoms with Gasteiger partial charge in [-0.15, -0.1) is 0 Å². The van der Waals surface area contributed by atoms with Crippen LogP contribution in [-0.2, 0) is 0 Å². The molecule has 4 nitrogen and oxygen atoms in total. The summed E-state index contributed by atoms with van der Waals surface area (Å²) in [4.78, 5) is 2.44. The third-order valence-corrected chi connectivity index (χ3v) is 2.98. The Hall–Kier alpha value is -0.770. The molecule has 1 aliphatic heterocycles. The molecule has 1 fully saturated rings. The molecular weight excluding hydrogens is 178 g/mol. The molecular formula is C10H21N3O. The van der Waals surface area contributed by atoms with Crippen LogP contribution in [0.25, 0.3) is 0 Å². The molecule has 3 N–H and O–H groups in total. The molecule has 0 aromatic heterocycles. The summed E-state index contributed by atoms with van der Waals surface area (Å²) >= 11 is 0. The number of oxime groups is 1. The van der Waals surface area contributed by atoms with Crippen LogP contribution in [0, 0.1) is 5.92 Å². The average molecular weight is 199 g/mol. The van der Waals surface area contributed by atoms with Crippen molar-refractivity contribution in [1.82, 2.24) is 4.90 Å². The van der Waals surface area contributed by atoms with E-state index in [0.29, 0.717) is 5.84 Å². The number of piperidine rings is 1. The smallest absolute Gasteiger partial charge is 0.142 e. The highest BCUT2D eigenvalue weighted by Crippen LogP contribution is 2.23. The SMILES string of the molecule is CC(C)(C)N1CCC(/C(N)=N/O)CC1. The molecule has 1 rings (SSSR count). The van der Waals surface area contributed by atoms with Crippen molar-refractivity contribution < 1.29 is 5.21 Å². The lowest BCUT2D eigenvalue weighted by Crippen LogP contribution is -2.47. The maximum absolute atomic E-state index is 8.56. The summed E-state index contributed by atoms with van der Waals surface area (Å²) in [5.74, 6) is 0.650. The molecule has 1 aliphatic rings. The van der Waals surface area contributed by atoms with Crippen LogP contribution in [0.15, 0.2) is 5.16 Å². The minimum atomic E-state index is 0.232. The highest BCUT2D eigenvalue weighted by Gasteiger charge is 2.28. The predicted molar refractivity (Wildman–Crippen MR) is 57.5 cm³/mol. The maximum atomic E-state index is 8.56. The fraction of sp³-hybridized carbons (Fsp3) is 0.900. The topological polar surface area (TPSA) is 61.8 Å². The first-order valence-electron chi connectivity index (χ1n) is 5.17. The van der Waals surface area contributed by atoms with Gasteiger partial charge in [-0.05, 0) is 46.7 Å². The van der Waals surface area contributed by atoms with E-state index in [4.69, 9.17) is 10.9 Å². The van der Waals surface area contributed by atoms with Gasteiger partial charge in [0, 0.05) is 11.5 Å². The summed E-state index contributed by atoms with van der Waals surface area (Å²) in [6.07, 6.45) is 1.99. The monoisotopic (exact) mass is 199 g/mol. The van der Waals surface area contributed by atoms with Gasteiger partial charge >= 0.3 is 0 Å². The van der Waals surface area contributed by atoms with Crippen molar-refractivity contribution in [1.29, 1.82) is 0 Å². The van der Waals surface area contributed by atoms with Crippen molar-refractivity contribution in [2.75, 3.05) is 13.1 Å². The van der Waals surface area contributed by atoms with E-state index in [1.807, 2.05) is 0 Å². The largest absolute Gasteiger partial charge is 0.409 e. The van der Waals surface area contributed by atoms with Crippen LogP contribution in [-0.4, -0.2) is 34.6 Å². The van der Waals surface area contributed by atoms with Crippen LogP contribution >= 0.6 is 0 Å². The third-order valence-electron chi connectivity index (χ3n) is 2.98. The maximum Gasteiger partial charge on any atom is 0.142 e. The van der Waals surface area contributed by atoms with Crippen molar-refractivity contribution in [2.24, 2.45) is 16.8 Å². The predicted octanol–water partition coefficient (Wildman–Crippen LogP) is 1.24. The molecule has 0 aromatic carbocycles. The molecule has 0 spiro atoms. The average Bonchev–Trinajstić information content (AvgIpc) is 2.15. The Morgan fingerprint density at radius 1 is 1.36 bits per heavy atom. The summed E-state index contributed by atoms with van der Waals surface area (Å²) in [7, 11) is 0. The van der Waals surface area contributed by atoms with E-state index in [1.54, 1.807) is 0 Å². The lowest BCUT2D eigenvalue weighted by atomic mass is 9.92. The lowest BCUT2D eigenvalue weighted by Gasteiger charge is -2.40. The van der Waals surface area contributed by atoms with Crippen molar-refractivity contribution in [3.63, 3.8) is 0 Å². The van der Waals surface area contributed by atoms with Gasteiger partial charge in [-0.3, -0.25) is 4.90 Å². The summed E-state index contributed by atoms with van der Waals surface area (Å²) < 4.78 is 0. The molecule has 0 aliphatic carbocycles. The Kier molecular flexibility index (Phi) is 3.37. The number of amidine groups is 1. The molecule has 1 saturated heterocycles. The molecule has 0 unspecified atom stereocenters. The van der Waals surface area contributed by atoms with Gasteiger partial charge in [-0.1, -0.05) is 5.16 Å². The van der Waals surface area contributed by atoms with Gasteiger partial charge in [-0.25, -0.2) is 0 Å². The van der Waals surface area contributed by atoms with E-state index in [1.165, 1.54) is 0 Å². The second kappa shape index (κ2) is 4.17. The minimum absolute atomic E-state index is 0.232. The molecule has 14 heavy (non-hydrogen) atoms. The molecule has 0 radical (unpaired) electrons. The van der Waals surface area contributed by atoms with Gasteiger partial charge in [0.25, 0.3) is 0 Å². The number of hydrogen-bond donors (Lipinski definition) is 2. The van der Waals surface area contributed by atoms with Crippen LogP contribution in [0.4, 0.5) is 0 Å². The van der Waals surface area contributed by atoms with Gasteiger partial charge in [0.1, 0.15) is 5.84 Å². The lowest BCUT2D eigenvalue weighted by molar-refractivity contribution is 0.0994. The fourth-order valence-electron chi connectivity index (χ4n) is 1.93. The van der Waals surface area contributed by atoms with Crippen LogP contribution in [0.3, 0.4) is 0 Å². The summed E-state index contributed by atoms with van der Waals surface area (Å²) in [6, 6.07) is 0. The van der Waals surface area contributed by atoms with Crippen LogP contribution in [0.2, 0.25) is 0 Å². The Bertz CT molecular complexity index is 212. The van der Waals surface area contributed by atoms with Gasteiger partial charge in [0.2, 0.25) is 0 Å². The summed E-state index contributed by atoms with van der Waals surface area (Å²) in [6.45, 7) is 8.72. The fourth-order valence-corrected chi connectivity index (χ4v) is 1.93. The number of nitrogens with zero attached hydrogens (tertiary/aromatic N) is 2. The molecule has 0 amide bonds. The summed E-state index contributed by atoms with van der Waals surface area (Å²) in [5.41, 5.74) is 5.82. The molecule has 1 heterocycles. The van der Waals surface area contributed by atoms with Gasteiger partial charge in [0.05, 0.1) is 0 Å². The van der Waals surface area contributed by atoms with Gasteiger partial charge < -0.3 is 10.9 Å². The first-order valence-corrected chi connectivity index (χ1v) is 5.17. The van der Waals surface area contributed by atoms with Crippen molar-refractivity contribution in [2.45, 2.75) is 39.2 Å². The Labute approximate surface area is 85.8 Å². The van der Waals surface area contributed by atoms with Crippen LogP contribution in [0.1, 0.15) is 33.6 Å². The van der Waals surface area contributed by atoms with Crippen molar-refractivity contribution >= 4 is 5.84 Å². The van der Waals surface area contributed by atoms with E-state index >= 15 is 0 Å². The van der Waals surface area contributed by atoms with E-state index in [2.05, 4.69) is 30.8 Å². The van der Waals surface area contributed by atoms with Crippen LogP contribution < -0.4 is 5.73 Å². The zero-order chi connectivity index (χ0) is 10.8. The first-order chi connectivity index (χ1) is 6.45. The standard InChI is InChI=1S/C10H21N3O/c1-10(2,3)13-6-4-8(5-7-13)9(11)12-14/h8,14H,4-7H2,1-3H3,(H2,11,12). The van der Waals surface area contributed by atoms with E-state index < -0.39 is 0 Å². The van der Waals surface area contributed by atoms with Gasteiger partial charge in [-0.2, -0.15) is 0 Å². The zero-order valence-electron chi connectivity index (χ0n) is 9.32. The molecule has 0 saturated carbocycles. The molecule has 0 bridgehead atoms. The van der Waals surface area contributed by atoms with E-state index in [9.17, 15) is 0 Å². The zero-order valence-corrected chi connectivity index (χ0v) is 9.32. The van der Waals surface area contributed by atoms with Crippen LogP contribution in [0.5, 0.6) is 0 Å². The molecule has 4 heteroatoms. The van der Waals surface area contributed by atoms with E-state index in [0.717, 1.165) is 25.9 Å². The third kappa shape index (κ3) is 2.61. The number of rotatable bonds is 1. The summed E-state index contributed by atoms with van der Waals surface area (Å²) in [5, 5.41) is 11.6. The highest BCUT2D eigenvalue weighted by atomic mass is 16.4. The molecule has 0 aromatic rings. The van der Waals surface area contributed by atoms with Crippen molar-refractivity contribution in [3.05, 3.63) is 0 Å². The normalized spacial score (nSPS) is 22.6. The Balaban J connectivity index is 2.47. The number of nitrogens with two attached hydrogens (primary N) is 1. The quantitative estimate of drug-likeness (QED) is 0.289. The number of hydrogen-bond acceptors (Lipinski definition) is 3.